The van der Waals surface area contributed by atoms with Crippen LogP contribution in [0.4, 0.5) is 0 Å². The van der Waals surface area contributed by atoms with Crippen LogP contribution in [-0.4, -0.2) is 13.7 Å². The second-order valence-electron chi connectivity index (χ2n) is 7.69. The molecule has 0 spiro atoms. The van der Waals surface area contributed by atoms with E-state index in [1.54, 1.807) is 7.11 Å². The third-order valence-electron chi connectivity index (χ3n) is 4.25. The largest absolute Gasteiger partial charge is 0.493 e. The van der Waals surface area contributed by atoms with Gasteiger partial charge in [0, 0.05) is 6.54 Å². The van der Waals surface area contributed by atoms with Crippen LogP contribution in [0, 0.1) is 12.3 Å². The van der Waals surface area contributed by atoms with Gasteiger partial charge in [-0.3, -0.25) is 0 Å². The Morgan fingerprint density at radius 1 is 1.00 bits per heavy atom. The molecular weight excluding hydrogens is 310 g/mol. The third kappa shape index (κ3) is 6.43. The van der Waals surface area contributed by atoms with Crippen LogP contribution in [0.25, 0.3) is 0 Å². The van der Waals surface area contributed by atoms with E-state index in [1.165, 1.54) is 16.7 Å². The van der Waals surface area contributed by atoms with E-state index in [2.05, 4.69) is 57.3 Å². The Hall–Kier alpha value is -2.00. The van der Waals surface area contributed by atoms with Gasteiger partial charge in [0.2, 0.25) is 0 Å². The molecule has 0 fully saturated rings. The highest BCUT2D eigenvalue weighted by molar-refractivity contribution is 5.43. The molecule has 25 heavy (non-hydrogen) atoms. The van der Waals surface area contributed by atoms with Crippen LogP contribution in [0.5, 0.6) is 11.5 Å². The predicted molar refractivity (Wildman–Crippen MR) is 104 cm³/mol. The van der Waals surface area contributed by atoms with Crippen molar-refractivity contribution in [2.75, 3.05) is 13.7 Å². The number of benzene rings is 2. The average molecular weight is 341 g/mol. The van der Waals surface area contributed by atoms with E-state index in [9.17, 15) is 0 Å². The molecule has 0 radical (unpaired) electrons. The summed E-state index contributed by atoms with van der Waals surface area (Å²) in [7, 11) is 1.69. The van der Waals surface area contributed by atoms with Crippen LogP contribution in [0.2, 0.25) is 0 Å². The Kier molecular flexibility index (Phi) is 6.89. The van der Waals surface area contributed by atoms with Crippen molar-refractivity contribution < 1.29 is 9.47 Å². The van der Waals surface area contributed by atoms with E-state index in [4.69, 9.17) is 9.47 Å². The minimum absolute atomic E-state index is 0.359. The first kappa shape index (κ1) is 19.3. The molecular formula is C22H31NO2. The summed E-state index contributed by atoms with van der Waals surface area (Å²) in [5, 5.41) is 3.50. The second kappa shape index (κ2) is 8.91. The van der Waals surface area contributed by atoms with Gasteiger partial charge in [-0.05, 0) is 54.1 Å². The summed E-state index contributed by atoms with van der Waals surface area (Å²) in [6.45, 7) is 11.3. The Bertz CT molecular complexity index is 674. The Balaban J connectivity index is 1.93. The fourth-order valence-corrected chi connectivity index (χ4v) is 2.56. The van der Waals surface area contributed by atoms with Crippen molar-refractivity contribution in [3.8, 4) is 11.5 Å². The van der Waals surface area contributed by atoms with E-state index in [1.807, 2.05) is 18.2 Å². The molecule has 3 heteroatoms. The fraction of sp³-hybridized carbons (Fsp3) is 0.455. The van der Waals surface area contributed by atoms with Crippen LogP contribution in [0.3, 0.4) is 0 Å². The lowest BCUT2D eigenvalue weighted by Crippen LogP contribution is -2.20. The lowest BCUT2D eigenvalue weighted by molar-refractivity contribution is 0.283. The number of hydrogen-bond acceptors (Lipinski definition) is 3. The van der Waals surface area contributed by atoms with E-state index in [0.29, 0.717) is 12.0 Å². The highest BCUT2D eigenvalue weighted by atomic mass is 16.5. The maximum Gasteiger partial charge on any atom is 0.161 e. The Morgan fingerprint density at radius 2 is 1.76 bits per heavy atom. The van der Waals surface area contributed by atoms with Crippen LogP contribution >= 0.6 is 0 Å². The molecule has 0 amide bonds. The maximum absolute atomic E-state index is 5.97. The highest BCUT2D eigenvalue weighted by Crippen LogP contribution is 2.29. The van der Waals surface area contributed by atoms with E-state index < -0.39 is 0 Å². The standard InChI is InChI=1S/C22H31NO2/c1-17-8-6-7-9-19(17)16-25-20-11-10-18(14-21(20)24-5)15-23-13-12-22(2,3)4/h6-11,14,23H,12-13,15-16H2,1-5H3. The topological polar surface area (TPSA) is 30.5 Å². The minimum Gasteiger partial charge on any atom is -0.493 e. The first-order chi connectivity index (χ1) is 11.9. The molecule has 0 aromatic heterocycles. The van der Waals surface area contributed by atoms with Gasteiger partial charge >= 0.3 is 0 Å². The fourth-order valence-electron chi connectivity index (χ4n) is 2.56. The van der Waals surface area contributed by atoms with Gasteiger partial charge in [-0.2, -0.15) is 0 Å². The molecule has 1 N–H and O–H groups in total. The highest BCUT2D eigenvalue weighted by Gasteiger charge is 2.10. The van der Waals surface area contributed by atoms with Crippen molar-refractivity contribution in [2.24, 2.45) is 5.41 Å². The molecule has 0 atom stereocenters. The number of methoxy groups -OCH3 is 1. The van der Waals surface area contributed by atoms with E-state index in [-0.39, 0.29) is 0 Å². The van der Waals surface area contributed by atoms with Crippen molar-refractivity contribution in [1.82, 2.24) is 5.32 Å². The van der Waals surface area contributed by atoms with Gasteiger partial charge < -0.3 is 14.8 Å². The Morgan fingerprint density at radius 3 is 2.44 bits per heavy atom. The summed E-state index contributed by atoms with van der Waals surface area (Å²) in [5.41, 5.74) is 3.99. The molecule has 0 unspecified atom stereocenters. The summed E-state index contributed by atoms with van der Waals surface area (Å²) in [6.07, 6.45) is 1.15. The van der Waals surface area contributed by atoms with Gasteiger partial charge in [0.15, 0.2) is 11.5 Å². The number of aryl methyl sites for hydroxylation is 1. The summed E-state index contributed by atoms with van der Waals surface area (Å²) in [4.78, 5) is 0. The third-order valence-corrected chi connectivity index (χ3v) is 4.25. The minimum atomic E-state index is 0.359. The van der Waals surface area contributed by atoms with Crippen LogP contribution in [0.1, 0.15) is 43.9 Å². The van der Waals surface area contributed by atoms with Gasteiger partial charge in [-0.15, -0.1) is 0 Å². The zero-order valence-electron chi connectivity index (χ0n) is 16.2. The van der Waals surface area contributed by atoms with Crippen molar-refractivity contribution in [1.29, 1.82) is 0 Å². The first-order valence-corrected chi connectivity index (χ1v) is 8.94. The quantitative estimate of drug-likeness (QED) is 0.677. The van der Waals surface area contributed by atoms with Gasteiger partial charge in [0.25, 0.3) is 0 Å². The lowest BCUT2D eigenvalue weighted by atomic mass is 9.92. The second-order valence-corrected chi connectivity index (χ2v) is 7.69. The number of hydrogen-bond donors (Lipinski definition) is 1. The summed E-state index contributed by atoms with van der Waals surface area (Å²) in [5.74, 6) is 1.56. The molecule has 0 heterocycles. The molecule has 2 aromatic carbocycles. The molecule has 0 aliphatic carbocycles. The summed E-state index contributed by atoms with van der Waals surface area (Å²) in [6, 6.07) is 14.4. The smallest absolute Gasteiger partial charge is 0.161 e. The van der Waals surface area contributed by atoms with Gasteiger partial charge in [0.1, 0.15) is 6.61 Å². The molecule has 0 aliphatic heterocycles. The van der Waals surface area contributed by atoms with Crippen LogP contribution in [-0.2, 0) is 13.2 Å². The van der Waals surface area contributed by atoms with Crippen LogP contribution in [0.15, 0.2) is 42.5 Å². The SMILES string of the molecule is COc1cc(CNCCC(C)(C)C)ccc1OCc1ccccc1C. The number of ether oxygens (including phenoxy) is 2. The Labute approximate surface area is 152 Å². The van der Waals surface area contributed by atoms with Gasteiger partial charge in [-0.25, -0.2) is 0 Å². The molecule has 2 rings (SSSR count). The van der Waals surface area contributed by atoms with Crippen molar-refractivity contribution >= 4 is 0 Å². The molecule has 0 saturated carbocycles. The van der Waals surface area contributed by atoms with E-state index in [0.717, 1.165) is 31.0 Å². The number of nitrogens with one attached hydrogen (secondary N) is 1. The predicted octanol–water partition coefficient (Wildman–Crippen LogP) is 5.11. The van der Waals surface area contributed by atoms with Gasteiger partial charge in [-0.1, -0.05) is 51.1 Å². The lowest BCUT2D eigenvalue weighted by Gasteiger charge is -2.18. The zero-order valence-corrected chi connectivity index (χ0v) is 16.2. The maximum atomic E-state index is 5.97. The zero-order chi connectivity index (χ0) is 18.3. The molecule has 136 valence electrons. The number of rotatable bonds is 8. The van der Waals surface area contributed by atoms with E-state index >= 15 is 0 Å². The summed E-state index contributed by atoms with van der Waals surface area (Å²) < 4.78 is 11.5. The monoisotopic (exact) mass is 341 g/mol. The van der Waals surface area contributed by atoms with Crippen molar-refractivity contribution in [2.45, 2.75) is 47.3 Å². The summed E-state index contributed by atoms with van der Waals surface area (Å²) >= 11 is 0. The molecule has 2 aromatic rings. The van der Waals surface area contributed by atoms with Crippen molar-refractivity contribution in [3.05, 3.63) is 59.2 Å². The average Bonchev–Trinajstić information content (AvgIpc) is 2.57. The molecule has 0 aliphatic rings. The molecule has 0 saturated heterocycles. The first-order valence-electron chi connectivity index (χ1n) is 8.94. The van der Waals surface area contributed by atoms with Gasteiger partial charge in [0.05, 0.1) is 7.11 Å². The van der Waals surface area contributed by atoms with Crippen LogP contribution < -0.4 is 14.8 Å². The molecule has 3 nitrogen and oxygen atoms in total. The van der Waals surface area contributed by atoms with Crippen molar-refractivity contribution in [3.63, 3.8) is 0 Å². The normalized spacial score (nSPS) is 11.4. The molecule has 0 bridgehead atoms.